The quantitative estimate of drug-likeness (QED) is 0.586. The predicted octanol–water partition coefficient (Wildman–Crippen LogP) is 0.717. The first-order valence-corrected chi connectivity index (χ1v) is 11.3. The minimum Gasteiger partial charge on any atom is -0.347 e. The van der Waals surface area contributed by atoms with Crippen LogP contribution in [0.15, 0.2) is 16.4 Å². The summed E-state index contributed by atoms with van der Waals surface area (Å²) in [6, 6.07) is 2.09. The molecule has 144 valence electrons. The number of hydrogen-bond acceptors (Lipinski definition) is 5. The summed E-state index contributed by atoms with van der Waals surface area (Å²) in [4.78, 5) is 21.9. The van der Waals surface area contributed by atoms with Gasteiger partial charge in [0.1, 0.15) is 0 Å². The summed E-state index contributed by atoms with van der Waals surface area (Å²) in [7, 11) is -1.45. The van der Waals surface area contributed by atoms with Crippen molar-refractivity contribution < 1.29 is 13.2 Å². The van der Waals surface area contributed by atoms with Crippen LogP contribution in [0, 0.1) is 0 Å². The zero-order chi connectivity index (χ0) is 18.9. The zero-order valence-electron chi connectivity index (χ0n) is 15.5. The molecule has 1 aromatic rings. The Bertz CT molecular complexity index is 814. The Kier molecular flexibility index (Phi) is 5.30. The molecule has 0 spiro atoms. The van der Waals surface area contributed by atoms with E-state index in [-0.39, 0.29) is 18.2 Å². The molecule has 1 aromatic heterocycles. The number of hydrogen-bond donors (Lipinski definition) is 1. The molecule has 2 aliphatic rings. The van der Waals surface area contributed by atoms with Gasteiger partial charge in [0.05, 0.1) is 17.0 Å². The molecule has 1 N–H and O–H groups in total. The molecule has 1 fully saturated rings. The van der Waals surface area contributed by atoms with Crippen molar-refractivity contribution in [2.75, 3.05) is 39.0 Å². The van der Waals surface area contributed by atoms with Crippen molar-refractivity contribution in [2.45, 2.75) is 31.6 Å². The Hall–Kier alpha value is -1.61. The van der Waals surface area contributed by atoms with Gasteiger partial charge in [-0.05, 0) is 37.3 Å². The van der Waals surface area contributed by atoms with Crippen LogP contribution >= 0.6 is 11.3 Å². The minimum atomic E-state index is -3.11. The lowest BCUT2D eigenvalue weighted by Crippen LogP contribution is -2.58. The van der Waals surface area contributed by atoms with Gasteiger partial charge >= 0.3 is 0 Å². The third-order valence-corrected chi connectivity index (χ3v) is 8.67. The summed E-state index contributed by atoms with van der Waals surface area (Å²) in [5, 5.41) is 5.19. The molecule has 3 rings (SSSR count). The van der Waals surface area contributed by atoms with Gasteiger partial charge in [0.2, 0.25) is 5.91 Å². The number of amides is 1. The zero-order valence-corrected chi connectivity index (χ0v) is 17.1. The van der Waals surface area contributed by atoms with Crippen LogP contribution in [0.3, 0.4) is 0 Å². The first-order chi connectivity index (χ1) is 12.2. The van der Waals surface area contributed by atoms with Crippen molar-refractivity contribution >= 4 is 33.0 Å². The molecule has 26 heavy (non-hydrogen) atoms. The van der Waals surface area contributed by atoms with Crippen LogP contribution in [0.2, 0.25) is 0 Å². The SMILES string of the molecule is CN=C(NCC(=O)N1CCc2sccc2C1)N1CCS(=O)(=O)C(C)(C)C1. The number of carbonyl (C=O) groups excluding carboxylic acids is 1. The van der Waals surface area contributed by atoms with Gasteiger partial charge in [0.25, 0.3) is 0 Å². The normalized spacial score (nSPS) is 22.0. The van der Waals surface area contributed by atoms with Crippen molar-refractivity contribution in [2.24, 2.45) is 4.99 Å². The van der Waals surface area contributed by atoms with Crippen LogP contribution in [0.25, 0.3) is 0 Å². The number of guanidine groups is 1. The third kappa shape index (κ3) is 3.73. The van der Waals surface area contributed by atoms with Crippen molar-refractivity contribution in [3.05, 3.63) is 21.9 Å². The van der Waals surface area contributed by atoms with E-state index in [4.69, 9.17) is 0 Å². The molecule has 1 saturated heterocycles. The van der Waals surface area contributed by atoms with Crippen molar-refractivity contribution in [1.82, 2.24) is 15.1 Å². The first-order valence-electron chi connectivity index (χ1n) is 8.74. The van der Waals surface area contributed by atoms with Gasteiger partial charge < -0.3 is 15.1 Å². The smallest absolute Gasteiger partial charge is 0.242 e. The molecule has 0 atom stereocenters. The molecule has 0 aliphatic carbocycles. The highest BCUT2D eigenvalue weighted by Crippen LogP contribution is 2.25. The standard InChI is InChI=1S/C17H26N4O3S2/c1-17(2)12-21(7-9-26(17,23)24)16(18-3)19-10-15(22)20-6-4-14-13(11-20)5-8-25-14/h5,8H,4,6-7,9-12H2,1-3H3,(H,18,19). The Morgan fingerprint density at radius 1 is 1.35 bits per heavy atom. The lowest BCUT2D eigenvalue weighted by molar-refractivity contribution is -0.130. The largest absolute Gasteiger partial charge is 0.347 e. The van der Waals surface area contributed by atoms with E-state index in [9.17, 15) is 13.2 Å². The number of nitrogens with one attached hydrogen (secondary N) is 1. The lowest BCUT2D eigenvalue weighted by atomic mass is 10.1. The average molecular weight is 399 g/mol. The molecule has 0 radical (unpaired) electrons. The Morgan fingerprint density at radius 3 is 2.81 bits per heavy atom. The van der Waals surface area contributed by atoms with E-state index < -0.39 is 14.6 Å². The van der Waals surface area contributed by atoms with Crippen LogP contribution in [0.1, 0.15) is 24.3 Å². The van der Waals surface area contributed by atoms with Crippen molar-refractivity contribution in [1.29, 1.82) is 0 Å². The maximum Gasteiger partial charge on any atom is 0.242 e. The molecule has 0 unspecified atom stereocenters. The number of thiophene rings is 1. The van der Waals surface area contributed by atoms with Gasteiger partial charge in [-0.3, -0.25) is 9.79 Å². The number of sulfone groups is 1. The van der Waals surface area contributed by atoms with Gasteiger partial charge in [-0.25, -0.2) is 8.42 Å². The molecule has 2 aliphatic heterocycles. The Morgan fingerprint density at radius 2 is 2.12 bits per heavy atom. The number of fused-ring (bicyclic) bond motifs is 1. The van der Waals surface area contributed by atoms with Crippen LogP contribution < -0.4 is 5.32 Å². The second kappa shape index (κ2) is 7.19. The maximum atomic E-state index is 12.6. The fourth-order valence-electron chi connectivity index (χ4n) is 3.38. The highest BCUT2D eigenvalue weighted by Gasteiger charge is 2.41. The molecule has 7 nitrogen and oxygen atoms in total. The second-order valence-electron chi connectivity index (χ2n) is 7.34. The maximum absolute atomic E-state index is 12.6. The highest BCUT2D eigenvalue weighted by atomic mass is 32.2. The lowest BCUT2D eigenvalue weighted by Gasteiger charge is -2.39. The topological polar surface area (TPSA) is 82.1 Å². The van der Waals surface area contributed by atoms with E-state index in [0.717, 1.165) is 13.0 Å². The van der Waals surface area contributed by atoms with Crippen LogP contribution in [0.4, 0.5) is 0 Å². The van der Waals surface area contributed by atoms with E-state index in [0.29, 0.717) is 25.6 Å². The summed E-state index contributed by atoms with van der Waals surface area (Å²) < 4.78 is 23.5. The minimum absolute atomic E-state index is 0.0342. The molecular weight excluding hydrogens is 372 g/mol. The van der Waals surface area contributed by atoms with Crippen LogP contribution in [-0.4, -0.2) is 73.8 Å². The number of aliphatic imine (C=N–C) groups is 1. The van der Waals surface area contributed by atoms with Crippen LogP contribution in [0.5, 0.6) is 0 Å². The summed E-state index contributed by atoms with van der Waals surface area (Å²) in [6.07, 6.45) is 0.908. The molecule has 3 heterocycles. The molecule has 0 saturated carbocycles. The summed E-state index contributed by atoms with van der Waals surface area (Å²) in [5.41, 5.74) is 1.24. The van der Waals surface area contributed by atoms with Crippen LogP contribution in [-0.2, 0) is 27.6 Å². The molecule has 9 heteroatoms. The second-order valence-corrected chi connectivity index (χ2v) is 11.1. The number of carbonyl (C=O) groups is 1. The third-order valence-electron chi connectivity index (χ3n) is 5.11. The number of nitrogens with zero attached hydrogens (tertiary/aromatic N) is 3. The first kappa shape index (κ1) is 19.2. The van der Waals surface area contributed by atoms with E-state index >= 15 is 0 Å². The highest BCUT2D eigenvalue weighted by molar-refractivity contribution is 7.92. The van der Waals surface area contributed by atoms with E-state index in [2.05, 4.69) is 21.8 Å². The van der Waals surface area contributed by atoms with Gasteiger partial charge in [0, 0.05) is 38.1 Å². The predicted molar refractivity (Wildman–Crippen MR) is 104 cm³/mol. The molecule has 0 aromatic carbocycles. The van der Waals surface area contributed by atoms with Gasteiger partial charge in [-0.2, -0.15) is 0 Å². The fourth-order valence-corrected chi connectivity index (χ4v) is 5.64. The summed E-state index contributed by atoms with van der Waals surface area (Å²) in [5.74, 6) is 0.711. The summed E-state index contributed by atoms with van der Waals surface area (Å²) >= 11 is 1.75. The number of rotatable bonds is 2. The van der Waals surface area contributed by atoms with Crippen molar-refractivity contribution in [3.8, 4) is 0 Å². The van der Waals surface area contributed by atoms with Crippen molar-refractivity contribution in [3.63, 3.8) is 0 Å². The van der Waals surface area contributed by atoms with E-state index in [1.165, 1.54) is 10.4 Å². The van der Waals surface area contributed by atoms with Gasteiger partial charge in [-0.15, -0.1) is 11.3 Å². The molecule has 1 amide bonds. The van der Waals surface area contributed by atoms with E-state index in [1.54, 1.807) is 32.2 Å². The Labute approximate surface area is 159 Å². The summed E-state index contributed by atoms with van der Waals surface area (Å²) in [6.45, 7) is 5.79. The molecule has 0 bridgehead atoms. The fraction of sp³-hybridized carbons (Fsp3) is 0.647. The van der Waals surface area contributed by atoms with E-state index in [1.807, 2.05) is 9.80 Å². The monoisotopic (exact) mass is 398 g/mol. The van der Waals surface area contributed by atoms with Gasteiger partial charge in [0.15, 0.2) is 15.8 Å². The average Bonchev–Trinajstić information content (AvgIpc) is 3.06. The van der Waals surface area contributed by atoms with Gasteiger partial charge in [-0.1, -0.05) is 0 Å². The Balaban J connectivity index is 1.57. The molecular formula is C17H26N4O3S2.